The van der Waals surface area contributed by atoms with Crippen LogP contribution < -0.4 is 5.32 Å². The van der Waals surface area contributed by atoms with Crippen molar-refractivity contribution in [2.24, 2.45) is 0 Å². The zero-order valence-electron chi connectivity index (χ0n) is 16.5. The van der Waals surface area contributed by atoms with Crippen molar-refractivity contribution < 1.29 is 8.78 Å². The highest BCUT2D eigenvalue weighted by molar-refractivity contribution is 5.57. The van der Waals surface area contributed by atoms with Crippen molar-refractivity contribution in [3.8, 4) is 17.5 Å². The molecule has 0 fully saturated rings. The second kappa shape index (κ2) is 8.81. The van der Waals surface area contributed by atoms with Crippen LogP contribution in [0.15, 0.2) is 55.1 Å². The minimum Gasteiger partial charge on any atom is -0.305 e. The molecule has 2 atom stereocenters. The number of hydrogen-bond acceptors (Lipinski definition) is 6. The molecule has 10 heteroatoms. The molecule has 2 aromatic carbocycles. The van der Waals surface area contributed by atoms with Gasteiger partial charge in [0.2, 0.25) is 0 Å². The first-order valence-corrected chi connectivity index (χ1v) is 9.49. The molecule has 0 bridgehead atoms. The number of halogens is 2. The minimum absolute atomic E-state index is 0.290. The second-order valence-corrected chi connectivity index (χ2v) is 6.95. The van der Waals surface area contributed by atoms with E-state index in [2.05, 4.69) is 36.7 Å². The Morgan fingerprint density at radius 1 is 1.23 bits per heavy atom. The van der Waals surface area contributed by atoms with E-state index in [0.717, 1.165) is 11.6 Å². The largest absolute Gasteiger partial charge is 0.305 e. The van der Waals surface area contributed by atoms with E-state index in [4.69, 9.17) is 5.26 Å². The standard InChI is InChI=1S/C21H18F2N8/c1-13(20(31-12-25-11-27-31)17-6-5-16(22)8-18(17)23)26-10-19-28-21(30-29-19)15-4-2-3-14(7-15)9-24/h2-8,11-13,20,26H,10H2,1H3,(H,28,29,30). The van der Waals surface area contributed by atoms with Crippen molar-refractivity contribution in [1.82, 2.24) is 35.3 Å². The van der Waals surface area contributed by atoms with Gasteiger partial charge in [-0.3, -0.25) is 5.10 Å². The third-order valence-electron chi connectivity index (χ3n) is 4.85. The lowest BCUT2D eigenvalue weighted by molar-refractivity contribution is 0.372. The Hall–Kier alpha value is -3.97. The van der Waals surface area contributed by atoms with E-state index >= 15 is 0 Å². The quantitative estimate of drug-likeness (QED) is 0.476. The van der Waals surface area contributed by atoms with Crippen LogP contribution in [0.5, 0.6) is 0 Å². The summed E-state index contributed by atoms with van der Waals surface area (Å²) < 4.78 is 29.4. The fourth-order valence-corrected chi connectivity index (χ4v) is 3.34. The van der Waals surface area contributed by atoms with Gasteiger partial charge in [-0.1, -0.05) is 18.2 Å². The van der Waals surface area contributed by atoms with E-state index in [1.54, 1.807) is 18.2 Å². The lowest BCUT2D eigenvalue weighted by Crippen LogP contribution is -2.36. The highest BCUT2D eigenvalue weighted by atomic mass is 19.1. The number of nitrogens with zero attached hydrogens (tertiary/aromatic N) is 6. The van der Waals surface area contributed by atoms with E-state index in [9.17, 15) is 8.78 Å². The Balaban J connectivity index is 1.52. The van der Waals surface area contributed by atoms with Crippen LogP contribution in [0.4, 0.5) is 8.78 Å². The van der Waals surface area contributed by atoms with Crippen molar-refractivity contribution in [3.05, 3.63) is 83.7 Å². The average molecular weight is 420 g/mol. The van der Waals surface area contributed by atoms with Gasteiger partial charge in [0.1, 0.15) is 30.1 Å². The molecule has 2 unspecified atom stereocenters. The molecule has 2 N–H and O–H groups in total. The van der Waals surface area contributed by atoms with Gasteiger partial charge in [0.25, 0.3) is 0 Å². The van der Waals surface area contributed by atoms with Gasteiger partial charge in [0, 0.05) is 23.2 Å². The summed E-state index contributed by atoms with van der Waals surface area (Å²) in [5.74, 6) is -0.262. The van der Waals surface area contributed by atoms with Crippen LogP contribution in [0.25, 0.3) is 11.4 Å². The molecule has 156 valence electrons. The van der Waals surface area contributed by atoms with E-state index in [1.165, 1.54) is 29.5 Å². The van der Waals surface area contributed by atoms with Gasteiger partial charge in [0.05, 0.1) is 24.2 Å². The molecule has 0 aliphatic heterocycles. The van der Waals surface area contributed by atoms with Crippen LogP contribution >= 0.6 is 0 Å². The lowest BCUT2D eigenvalue weighted by Gasteiger charge is -2.25. The fourth-order valence-electron chi connectivity index (χ4n) is 3.34. The van der Waals surface area contributed by atoms with Gasteiger partial charge in [-0.25, -0.2) is 23.4 Å². The number of aromatic nitrogens is 6. The summed E-state index contributed by atoms with van der Waals surface area (Å²) in [7, 11) is 0. The number of nitriles is 1. The van der Waals surface area contributed by atoms with Crippen LogP contribution in [0, 0.1) is 23.0 Å². The molecule has 0 aliphatic carbocycles. The van der Waals surface area contributed by atoms with Crippen molar-refractivity contribution in [3.63, 3.8) is 0 Å². The Bertz CT molecular complexity index is 1210. The first kappa shape index (κ1) is 20.3. The van der Waals surface area contributed by atoms with E-state index < -0.39 is 17.7 Å². The van der Waals surface area contributed by atoms with Crippen LogP contribution in [-0.4, -0.2) is 36.0 Å². The van der Waals surface area contributed by atoms with Crippen molar-refractivity contribution in [1.29, 1.82) is 5.26 Å². The second-order valence-electron chi connectivity index (χ2n) is 6.95. The Morgan fingerprint density at radius 2 is 2.10 bits per heavy atom. The van der Waals surface area contributed by atoms with Gasteiger partial charge < -0.3 is 5.32 Å². The molecular weight excluding hydrogens is 402 g/mol. The van der Waals surface area contributed by atoms with Gasteiger partial charge in [-0.05, 0) is 25.1 Å². The van der Waals surface area contributed by atoms with Crippen molar-refractivity contribution in [2.45, 2.75) is 25.6 Å². The normalized spacial score (nSPS) is 13.0. The number of aromatic amines is 1. The zero-order chi connectivity index (χ0) is 21.8. The monoisotopic (exact) mass is 420 g/mol. The molecule has 4 rings (SSSR count). The average Bonchev–Trinajstić information content (AvgIpc) is 3.46. The molecule has 4 aromatic rings. The van der Waals surface area contributed by atoms with Gasteiger partial charge in [-0.2, -0.15) is 15.5 Å². The molecule has 8 nitrogen and oxygen atoms in total. The topological polar surface area (TPSA) is 108 Å². The predicted octanol–water partition coefficient (Wildman–Crippen LogP) is 2.98. The van der Waals surface area contributed by atoms with Crippen LogP contribution in [-0.2, 0) is 6.54 Å². The van der Waals surface area contributed by atoms with Crippen molar-refractivity contribution in [2.75, 3.05) is 0 Å². The summed E-state index contributed by atoms with van der Waals surface area (Å²) in [6.07, 6.45) is 2.85. The maximum absolute atomic E-state index is 14.5. The number of H-pyrrole nitrogens is 1. The predicted molar refractivity (Wildman–Crippen MR) is 107 cm³/mol. The molecule has 0 spiro atoms. The molecule has 0 aliphatic rings. The highest BCUT2D eigenvalue weighted by Gasteiger charge is 2.25. The summed E-state index contributed by atoms with van der Waals surface area (Å²) in [5.41, 5.74) is 1.54. The number of benzene rings is 2. The van der Waals surface area contributed by atoms with Gasteiger partial charge >= 0.3 is 0 Å². The smallest absolute Gasteiger partial charge is 0.181 e. The number of rotatable bonds is 7. The summed E-state index contributed by atoms with van der Waals surface area (Å²) in [6.45, 7) is 2.18. The van der Waals surface area contributed by atoms with Gasteiger partial charge in [0.15, 0.2) is 5.82 Å². The van der Waals surface area contributed by atoms with E-state index in [0.29, 0.717) is 29.3 Å². The molecule has 0 saturated heterocycles. The third kappa shape index (κ3) is 4.46. The molecule has 0 amide bonds. The van der Waals surface area contributed by atoms with E-state index in [1.807, 2.05) is 13.0 Å². The summed E-state index contributed by atoms with van der Waals surface area (Å²) >= 11 is 0. The number of hydrogen-bond donors (Lipinski definition) is 2. The SMILES string of the molecule is CC(NCc1nc(-c2cccc(C#N)c2)n[nH]1)C(c1ccc(F)cc1F)n1cncn1. The molecule has 2 heterocycles. The summed E-state index contributed by atoms with van der Waals surface area (Å²) in [6, 6.07) is 11.7. The minimum atomic E-state index is -0.659. The maximum atomic E-state index is 14.5. The summed E-state index contributed by atoms with van der Waals surface area (Å²) in [4.78, 5) is 8.40. The molecule has 0 saturated carbocycles. The fraction of sp³-hybridized carbons (Fsp3) is 0.190. The molecule has 0 radical (unpaired) electrons. The third-order valence-corrected chi connectivity index (χ3v) is 4.85. The Labute approximate surface area is 176 Å². The number of nitrogens with one attached hydrogen (secondary N) is 2. The zero-order valence-corrected chi connectivity index (χ0v) is 16.5. The van der Waals surface area contributed by atoms with Crippen LogP contribution in [0.2, 0.25) is 0 Å². The molecule has 2 aromatic heterocycles. The first-order valence-electron chi connectivity index (χ1n) is 9.49. The molecule has 31 heavy (non-hydrogen) atoms. The van der Waals surface area contributed by atoms with Crippen LogP contribution in [0.1, 0.15) is 29.9 Å². The van der Waals surface area contributed by atoms with Crippen LogP contribution in [0.3, 0.4) is 0 Å². The maximum Gasteiger partial charge on any atom is 0.181 e. The Kier molecular flexibility index (Phi) is 5.77. The Morgan fingerprint density at radius 3 is 2.84 bits per heavy atom. The van der Waals surface area contributed by atoms with Crippen molar-refractivity contribution >= 4 is 0 Å². The van der Waals surface area contributed by atoms with Gasteiger partial charge in [-0.15, -0.1) is 0 Å². The highest BCUT2D eigenvalue weighted by Crippen LogP contribution is 2.25. The van der Waals surface area contributed by atoms with E-state index in [-0.39, 0.29) is 6.04 Å². The summed E-state index contributed by atoms with van der Waals surface area (Å²) in [5, 5.41) is 23.5. The lowest BCUT2D eigenvalue weighted by atomic mass is 10.00. The molecular formula is C21H18F2N8. The first-order chi connectivity index (χ1) is 15.0.